The normalized spacial score (nSPS) is 26.8. The summed E-state index contributed by atoms with van der Waals surface area (Å²) < 4.78 is 24.1. The van der Waals surface area contributed by atoms with Crippen LogP contribution in [0.25, 0.3) is 0 Å². The first-order valence-electron chi connectivity index (χ1n) is 6.01. The van der Waals surface area contributed by atoms with Crippen molar-refractivity contribution in [3.05, 3.63) is 29.0 Å². The Bertz CT molecular complexity index is 396. The Morgan fingerprint density at radius 2 is 2.22 bits per heavy atom. The van der Waals surface area contributed by atoms with Crippen molar-refractivity contribution >= 4 is 17.3 Å². The number of hydrogen-bond acceptors (Lipinski definition) is 3. The molecule has 1 saturated carbocycles. The van der Waals surface area contributed by atoms with E-state index in [1.54, 1.807) is 13.2 Å². The second-order valence-corrected chi connectivity index (χ2v) is 4.78. The highest BCUT2D eigenvalue weighted by Crippen LogP contribution is 2.30. The smallest absolute Gasteiger partial charge is 0.126 e. The van der Waals surface area contributed by atoms with Gasteiger partial charge in [-0.25, -0.2) is 4.39 Å². The molecule has 1 fully saturated rings. The Labute approximate surface area is 111 Å². The molecule has 3 atom stereocenters. The summed E-state index contributed by atoms with van der Waals surface area (Å²) in [6, 6.07) is 4.53. The number of halogens is 2. The van der Waals surface area contributed by atoms with Crippen molar-refractivity contribution in [3.8, 4) is 0 Å². The van der Waals surface area contributed by atoms with Crippen LogP contribution in [-0.2, 0) is 9.47 Å². The van der Waals surface area contributed by atoms with Crippen molar-refractivity contribution in [2.24, 2.45) is 0 Å². The molecule has 0 aromatic heterocycles. The van der Waals surface area contributed by atoms with Crippen LogP contribution in [0.15, 0.2) is 18.2 Å². The Morgan fingerprint density at radius 1 is 1.44 bits per heavy atom. The maximum atomic E-state index is 13.2. The minimum atomic E-state index is -0.348. The quantitative estimate of drug-likeness (QED) is 0.894. The summed E-state index contributed by atoms with van der Waals surface area (Å²) in [5.74, 6) is -0.348. The van der Waals surface area contributed by atoms with E-state index in [0.717, 1.165) is 6.42 Å². The highest BCUT2D eigenvalue weighted by Gasteiger charge is 2.42. The Morgan fingerprint density at radius 3 is 2.83 bits per heavy atom. The maximum absolute atomic E-state index is 13.2. The van der Waals surface area contributed by atoms with Gasteiger partial charge in [-0.05, 0) is 31.5 Å². The third kappa shape index (κ3) is 2.94. The molecule has 1 aromatic carbocycles. The summed E-state index contributed by atoms with van der Waals surface area (Å²) in [5.41, 5.74) is 0.669. The minimum absolute atomic E-state index is 0.00741. The molecule has 1 aliphatic carbocycles. The number of anilines is 1. The molecule has 2 rings (SSSR count). The van der Waals surface area contributed by atoms with Crippen LogP contribution in [-0.4, -0.2) is 32.0 Å². The molecule has 100 valence electrons. The SMILES string of the molecule is CCOC1CC(Nc2cc(F)cc(Cl)c2)C1OC. The summed E-state index contributed by atoms with van der Waals surface area (Å²) in [7, 11) is 1.66. The van der Waals surface area contributed by atoms with Crippen molar-refractivity contribution in [2.45, 2.75) is 31.6 Å². The fourth-order valence-electron chi connectivity index (χ4n) is 2.27. The summed E-state index contributed by atoms with van der Waals surface area (Å²) in [6.45, 7) is 2.63. The molecule has 0 heterocycles. The fourth-order valence-corrected chi connectivity index (χ4v) is 2.49. The number of benzene rings is 1. The number of methoxy groups -OCH3 is 1. The molecule has 18 heavy (non-hydrogen) atoms. The monoisotopic (exact) mass is 273 g/mol. The van der Waals surface area contributed by atoms with E-state index < -0.39 is 0 Å². The zero-order valence-electron chi connectivity index (χ0n) is 10.5. The van der Waals surface area contributed by atoms with E-state index in [2.05, 4.69) is 5.32 Å². The summed E-state index contributed by atoms with van der Waals surface area (Å²) >= 11 is 5.81. The second kappa shape index (κ2) is 5.87. The molecule has 0 aliphatic heterocycles. The van der Waals surface area contributed by atoms with Gasteiger partial charge in [-0.1, -0.05) is 11.6 Å². The van der Waals surface area contributed by atoms with Gasteiger partial charge in [0.2, 0.25) is 0 Å². The van der Waals surface area contributed by atoms with Gasteiger partial charge in [-0.15, -0.1) is 0 Å². The van der Waals surface area contributed by atoms with Crippen LogP contribution in [0.5, 0.6) is 0 Å². The lowest BCUT2D eigenvalue weighted by Crippen LogP contribution is -2.56. The summed E-state index contributed by atoms with van der Waals surface area (Å²) in [6.07, 6.45) is 0.953. The van der Waals surface area contributed by atoms with E-state index in [0.29, 0.717) is 17.3 Å². The number of nitrogens with one attached hydrogen (secondary N) is 1. The van der Waals surface area contributed by atoms with E-state index in [-0.39, 0.29) is 24.1 Å². The zero-order chi connectivity index (χ0) is 13.1. The fraction of sp³-hybridized carbons (Fsp3) is 0.538. The molecule has 0 bridgehead atoms. The standard InChI is InChI=1S/C13H17ClFNO2/c1-3-18-12-7-11(13(12)17-2)16-10-5-8(14)4-9(15)6-10/h4-6,11-13,16H,3,7H2,1-2H3. The molecular weight excluding hydrogens is 257 g/mol. The van der Waals surface area contributed by atoms with Gasteiger partial charge in [0, 0.05) is 24.4 Å². The van der Waals surface area contributed by atoms with Crippen molar-refractivity contribution < 1.29 is 13.9 Å². The van der Waals surface area contributed by atoms with E-state index in [1.807, 2.05) is 6.92 Å². The summed E-state index contributed by atoms with van der Waals surface area (Å²) in [5, 5.41) is 3.60. The van der Waals surface area contributed by atoms with Crippen LogP contribution in [0.3, 0.4) is 0 Å². The third-order valence-corrected chi connectivity index (χ3v) is 3.33. The van der Waals surface area contributed by atoms with Gasteiger partial charge in [-0.2, -0.15) is 0 Å². The van der Waals surface area contributed by atoms with E-state index in [1.165, 1.54) is 12.1 Å². The molecule has 0 radical (unpaired) electrons. The molecule has 0 spiro atoms. The molecule has 1 N–H and O–H groups in total. The van der Waals surface area contributed by atoms with Crippen LogP contribution < -0.4 is 5.32 Å². The minimum Gasteiger partial charge on any atom is -0.379 e. The van der Waals surface area contributed by atoms with Crippen molar-refractivity contribution in [3.63, 3.8) is 0 Å². The number of rotatable bonds is 5. The van der Waals surface area contributed by atoms with Crippen LogP contribution in [0, 0.1) is 5.82 Å². The molecule has 3 unspecified atom stereocenters. The molecule has 0 amide bonds. The highest BCUT2D eigenvalue weighted by molar-refractivity contribution is 6.30. The molecule has 0 saturated heterocycles. The third-order valence-electron chi connectivity index (χ3n) is 3.12. The molecule has 5 heteroatoms. The lowest BCUT2D eigenvalue weighted by atomic mass is 9.85. The first-order valence-corrected chi connectivity index (χ1v) is 6.39. The average molecular weight is 274 g/mol. The van der Waals surface area contributed by atoms with Gasteiger partial charge >= 0.3 is 0 Å². The first-order chi connectivity index (χ1) is 8.63. The van der Waals surface area contributed by atoms with Crippen LogP contribution >= 0.6 is 11.6 Å². The van der Waals surface area contributed by atoms with Gasteiger partial charge in [0.05, 0.1) is 12.1 Å². The van der Waals surface area contributed by atoms with E-state index in [9.17, 15) is 4.39 Å². The van der Waals surface area contributed by atoms with Gasteiger partial charge in [0.1, 0.15) is 11.9 Å². The predicted molar refractivity (Wildman–Crippen MR) is 69.6 cm³/mol. The molecule has 1 aromatic rings. The maximum Gasteiger partial charge on any atom is 0.126 e. The lowest BCUT2D eigenvalue weighted by Gasteiger charge is -2.43. The van der Waals surface area contributed by atoms with Gasteiger partial charge < -0.3 is 14.8 Å². The molecule has 3 nitrogen and oxygen atoms in total. The summed E-state index contributed by atoms with van der Waals surface area (Å²) in [4.78, 5) is 0. The first kappa shape index (κ1) is 13.6. The topological polar surface area (TPSA) is 30.5 Å². The van der Waals surface area contributed by atoms with Crippen molar-refractivity contribution in [1.82, 2.24) is 0 Å². The largest absolute Gasteiger partial charge is 0.379 e. The van der Waals surface area contributed by atoms with Crippen LogP contribution in [0.1, 0.15) is 13.3 Å². The average Bonchev–Trinajstić information content (AvgIpc) is 2.26. The number of ether oxygens (including phenoxy) is 2. The Balaban J connectivity index is 1.98. The van der Waals surface area contributed by atoms with E-state index >= 15 is 0 Å². The molecular formula is C13H17ClFNO2. The lowest BCUT2D eigenvalue weighted by molar-refractivity contribution is -0.118. The van der Waals surface area contributed by atoms with Crippen molar-refractivity contribution in [2.75, 3.05) is 19.0 Å². The Kier molecular flexibility index (Phi) is 4.43. The van der Waals surface area contributed by atoms with E-state index in [4.69, 9.17) is 21.1 Å². The van der Waals surface area contributed by atoms with Gasteiger partial charge in [0.15, 0.2) is 0 Å². The van der Waals surface area contributed by atoms with Crippen molar-refractivity contribution in [1.29, 1.82) is 0 Å². The van der Waals surface area contributed by atoms with Gasteiger partial charge in [-0.3, -0.25) is 0 Å². The second-order valence-electron chi connectivity index (χ2n) is 4.34. The van der Waals surface area contributed by atoms with Gasteiger partial charge in [0.25, 0.3) is 0 Å². The predicted octanol–water partition coefficient (Wildman–Crippen LogP) is 3.08. The molecule has 1 aliphatic rings. The Hall–Kier alpha value is -0.840. The van der Waals surface area contributed by atoms with Crippen LogP contribution in [0.4, 0.5) is 10.1 Å². The number of hydrogen-bond donors (Lipinski definition) is 1. The van der Waals surface area contributed by atoms with Crippen LogP contribution in [0.2, 0.25) is 5.02 Å². The zero-order valence-corrected chi connectivity index (χ0v) is 11.2. The highest BCUT2D eigenvalue weighted by atomic mass is 35.5.